The Morgan fingerprint density at radius 1 is 0.684 bits per heavy atom. The standard InChI is InChI=1S/C31H42N2O3.2HI/c1-32(13-5-3-6-14-32)21-27-18-23-9-10-25(20-30(23)36-27)31(34)24-11-12-29-26(17-24)19-28(35-29)22-33(2)15-7-4-8-16-33;;/h9-12,17,20,27-28H,3-8,13-16,18-19,21-22H2,1-2H3;2*1H/q+2;;/p-2. The predicted molar refractivity (Wildman–Crippen MR) is 142 cm³/mol. The Balaban J connectivity index is 0.00000168. The van der Waals surface area contributed by atoms with E-state index in [0.29, 0.717) is 0 Å². The first-order chi connectivity index (χ1) is 17.4. The highest BCUT2D eigenvalue weighted by Gasteiger charge is 2.35. The molecule has 0 bridgehead atoms. The number of carbonyl (C=O) groups is 1. The molecule has 2 unspecified atom stereocenters. The second-order valence-corrected chi connectivity index (χ2v) is 12.5. The van der Waals surface area contributed by atoms with Crippen LogP contribution in [0.4, 0.5) is 0 Å². The van der Waals surface area contributed by atoms with Crippen molar-refractivity contribution in [2.24, 2.45) is 0 Å². The number of fused-ring (bicyclic) bond motifs is 2. The lowest BCUT2D eigenvalue weighted by molar-refractivity contribution is -0.916. The molecule has 0 aliphatic carbocycles. The number of ether oxygens (including phenoxy) is 2. The fraction of sp³-hybridized carbons (Fsp3) is 0.581. The normalized spacial score (nSPS) is 24.6. The van der Waals surface area contributed by atoms with E-state index < -0.39 is 0 Å². The Morgan fingerprint density at radius 3 is 1.79 bits per heavy atom. The third-order valence-corrected chi connectivity index (χ3v) is 9.22. The minimum atomic E-state index is 0. The topological polar surface area (TPSA) is 35.5 Å². The van der Waals surface area contributed by atoms with Gasteiger partial charge in [0, 0.05) is 24.0 Å². The Hall–Kier alpha value is -0.910. The van der Waals surface area contributed by atoms with Gasteiger partial charge in [0.2, 0.25) is 0 Å². The summed E-state index contributed by atoms with van der Waals surface area (Å²) in [5, 5.41) is 0. The molecule has 2 atom stereocenters. The molecule has 4 aliphatic rings. The van der Waals surface area contributed by atoms with E-state index in [-0.39, 0.29) is 65.9 Å². The van der Waals surface area contributed by atoms with Crippen LogP contribution in [0.25, 0.3) is 0 Å². The summed E-state index contributed by atoms with van der Waals surface area (Å²) in [4.78, 5) is 13.4. The van der Waals surface area contributed by atoms with Gasteiger partial charge in [-0.2, -0.15) is 0 Å². The number of ketones is 1. The second kappa shape index (κ2) is 12.3. The zero-order valence-electron chi connectivity index (χ0n) is 22.9. The van der Waals surface area contributed by atoms with Crippen molar-refractivity contribution in [1.29, 1.82) is 0 Å². The molecule has 2 fully saturated rings. The van der Waals surface area contributed by atoms with Gasteiger partial charge in [-0.1, -0.05) is 12.1 Å². The fourth-order valence-corrected chi connectivity index (χ4v) is 7.17. The van der Waals surface area contributed by atoms with Gasteiger partial charge in [0.05, 0.1) is 40.3 Å². The average molecular weight is 744 g/mol. The van der Waals surface area contributed by atoms with Gasteiger partial charge in [-0.05, 0) is 73.9 Å². The molecule has 4 heterocycles. The van der Waals surface area contributed by atoms with E-state index in [0.717, 1.165) is 57.5 Å². The van der Waals surface area contributed by atoms with Crippen LogP contribution in [0.15, 0.2) is 36.4 Å². The highest BCUT2D eigenvalue weighted by Crippen LogP contribution is 2.34. The van der Waals surface area contributed by atoms with E-state index in [9.17, 15) is 4.79 Å². The molecular weight excluding hydrogens is 702 g/mol. The van der Waals surface area contributed by atoms with Gasteiger partial charge < -0.3 is 66.4 Å². The maximum Gasteiger partial charge on any atom is 0.193 e. The molecule has 0 saturated carbocycles. The Labute approximate surface area is 262 Å². The van der Waals surface area contributed by atoms with Crippen LogP contribution in [-0.4, -0.2) is 80.3 Å². The molecule has 2 aromatic rings. The number of likely N-dealkylation sites (N-methyl/N-ethyl adjacent to an activating group) is 2. The van der Waals surface area contributed by atoms with Crippen LogP contribution >= 0.6 is 0 Å². The zero-order valence-corrected chi connectivity index (χ0v) is 27.2. The summed E-state index contributed by atoms with van der Waals surface area (Å²) >= 11 is 0. The van der Waals surface area contributed by atoms with E-state index in [1.807, 2.05) is 24.3 Å². The Morgan fingerprint density at radius 2 is 1.18 bits per heavy atom. The van der Waals surface area contributed by atoms with E-state index in [2.05, 4.69) is 26.2 Å². The lowest BCUT2D eigenvalue weighted by Crippen LogP contribution is -3.00. The Kier molecular flexibility index (Phi) is 9.73. The predicted octanol–water partition coefficient (Wildman–Crippen LogP) is -1.21. The zero-order chi connectivity index (χ0) is 24.8. The number of piperidine rings is 2. The third kappa shape index (κ3) is 6.52. The van der Waals surface area contributed by atoms with E-state index in [1.54, 1.807) is 0 Å². The monoisotopic (exact) mass is 744 g/mol. The van der Waals surface area contributed by atoms with Crippen LogP contribution in [0.2, 0.25) is 0 Å². The number of quaternary nitrogens is 2. The summed E-state index contributed by atoms with van der Waals surface area (Å²) in [6.45, 7) is 7.11. The maximum atomic E-state index is 13.4. The number of halogens is 2. The summed E-state index contributed by atoms with van der Waals surface area (Å²) in [5.41, 5.74) is 3.87. The van der Waals surface area contributed by atoms with Crippen LogP contribution in [0.5, 0.6) is 11.5 Å². The van der Waals surface area contributed by atoms with Crippen molar-refractivity contribution in [2.45, 2.75) is 63.6 Å². The highest BCUT2D eigenvalue weighted by molar-refractivity contribution is 6.09. The second-order valence-electron chi connectivity index (χ2n) is 12.5. The van der Waals surface area contributed by atoms with Crippen LogP contribution < -0.4 is 57.4 Å². The number of likely N-dealkylation sites (tertiary alicyclic amines) is 2. The van der Waals surface area contributed by atoms with Crippen LogP contribution in [0, 0.1) is 0 Å². The summed E-state index contributed by atoms with van der Waals surface area (Å²) in [5.74, 6) is 1.92. The minimum Gasteiger partial charge on any atom is -1.00 e. The van der Waals surface area contributed by atoms with E-state index in [4.69, 9.17) is 9.47 Å². The summed E-state index contributed by atoms with van der Waals surface area (Å²) in [6.07, 6.45) is 10.3. The molecule has 6 rings (SSSR count). The average Bonchev–Trinajstić information content (AvgIpc) is 3.45. The SMILES string of the molecule is C[N+]1(CC2Cc3cc(C(=O)c4ccc5c(c4)OC(C[N+]4(C)CCCCC4)C5)ccc3O2)CCCCC1.[I-].[I-]. The Bertz CT molecular complexity index is 1050. The first-order valence-electron chi connectivity index (χ1n) is 14.2. The van der Waals surface area contributed by atoms with Gasteiger partial charge in [0.25, 0.3) is 0 Å². The molecule has 0 aromatic heterocycles. The molecule has 2 aromatic carbocycles. The van der Waals surface area contributed by atoms with Crippen LogP contribution in [0.1, 0.15) is 65.6 Å². The number of nitrogens with zero attached hydrogens (tertiary/aromatic N) is 2. The van der Waals surface area contributed by atoms with Gasteiger partial charge in [-0.3, -0.25) is 4.79 Å². The number of hydrogen-bond donors (Lipinski definition) is 0. The van der Waals surface area contributed by atoms with Crippen LogP contribution in [0.3, 0.4) is 0 Å². The van der Waals surface area contributed by atoms with Crippen molar-refractivity contribution < 1.29 is 71.2 Å². The first-order valence-corrected chi connectivity index (χ1v) is 14.2. The van der Waals surface area contributed by atoms with Crippen molar-refractivity contribution in [3.05, 3.63) is 58.7 Å². The number of carbonyl (C=O) groups excluding carboxylic acids is 1. The lowest BCUT2D eigenvalue weighted by atomic mass is 9.98. The molecule has 2 saturated heterocycles. The first kappa shape index (κ1) is 30.1. The molecule has 4 aliphatic heterocycles. The smallest absolute Gasteiger partial charge is 0.193 e. The highest BCUT2D eigenvalue weighted by atomic mass is 127. The summed E-state index contributed by atoms with van der Waals surface area (Å²) in [7, 11) is 4.74. The van der Waals surface area contributed by atoms with Gasteiger partial charge in [-0.25, -0.2) is 0 Å². The number of hydrogen-bond acceptors (Lipinski definition) is 3. The minimum absolute atomic E-state index is 0. The molecule has 5 nitrogen and oxygen atoms in total. The van der Waals surface area contributed by atoms with Gasteiger partial charge in [-0.15, -0.1) is 0 Å². The number of rotatable bonds is 6. The number of benzene rings is 2. The van der Waals surface area contributed by atoms with E-state index >= 15 is 0 Å². The molecule has 208 valence electrons. The van der Waals surface area contributed by atoms with Gasteiger partial charge >= 0.3 is 0 Å². The molecule has 7 heteroatoms. The molecule has 0 spiro atoms. The molecule has 0 amide bonds. The lowest BCUT2D eigenvalue weighted by Gasteiger charge is -2.39. The molecule has 0 radical (unpaired) electrons. The van der Waals surface area contributed by atoms with Crippen molar-refractivity contribution in [2.75, 3.05) is 53.4 Å². The largest absolute Gasteiger partial charge is 1.00 e. The summed E-state index contributed by atoms with van der Waals surface area (Å²) < 4.78 is 14.9. The third-order valence-electron chi connectivity index (χ3n) is 9.22. The quantitative estimate of drug-likeness (QED) is 0.212. The molecule has 0 N–H and O–H groups in total. The van der Waals surface area contributed by atoms with Crippen molar-refractivity contribution in [1.82, 2.24) is 0 Å². The maximum absolute atomic E-state index is 13.4. The molecular formula is C31H42I2N2O3. The van der Waals surface area contributed by atoms with Crippen LogP contribution in [-0.2, 0) is 12.8 Å². The van der Waals surface area contributed by atoms with E-state index in [1.165, 1.54) is 75.8 Å². The summed E-state index contributed by atoms with van der Waals surface area (Å²) in [6, 6.07) is 12.1. The van der Waals surface area contributed by atoms with Gasteiger partial charge in [0.15, 0.2) is 18.0 Å². The van der Waals surface area contributed by atoms with Crippen molar-refractivity contribution in [3.8, 4) is 11.5 Å². The van der Waals surface area contributed by atoms with Gasteiger partial charge in [0.1, 0.15) is 24.6 Å². The van der Waals surface area contributed by atoms with Crippen molar-refractivity contribution >= 4 is 5.78 Å². The van der Waals surface area contributed by atoms with Crippen molar-refractivity contribution in [3.63, 3.8) is 0 Å². The fourth-order valence-electron chi connectivity index (χ4n) is 7.17. The molecule has 38 heavy (non-hydrogen) atoms.